The van der Waals surface area contributed by atoms with Crippen LogP contribution in [-0.2, 0) is 4.79 Å². The topological polar surface area (TPSA) is 59.3 Å². The van der Waals surface area contributed by atoms with E-state index in [-0.39, 0.29) is 11.9 Å². The van der Waals surface area contributed by atoms with Crippen molar-refractivity contribution in [3.05, 3.63) is 58.7 Å². The molecule has 3 rings (SSSR count). The smallest absolute Gasteiger partial charge is 0.244 e. The van der Waals surface area contributed by atoms with Crippen LogP contribution in [0.5, 0.6) is 0 Å². The lowest BCUT2D eigenvalue weighted by atomic mass is 10.3. The van der Waals surface area contributed by atoms with Crippen LogP contribution in [0.3, 0.4) is 0 Å². The highest BCUT2D eigenvalue weighted by Crippen LogP contribution is 2.12. The van der Waals surface area contributed by atoms with Gasteiger partial charge in [0.25, 0.3) is 0 Å². The fourth-order valence-corrected chi connectivity index (χ4v) is 2.64. The van der Waals surface area contributed by atoms with Crippen LogP contribution in [0.25, 0.3) is 11.7 Å². The molecule has 3 aromatic rings. The van der Waals surface area contributed by atoms with E-state index in [0.717, 1.165) is 10.5 Å². The molecule has 0 aliphatic carbocycles. The Kier molecular flexibility index (Phi) is 3.79. The molecule has 0 radical (unpaired) electrons. The molecule has 0 fully saturated rings. The van der Waals surface area contributed by atoms with Gasteiger partial charge in [0.15, 0.2) is 11.5 Å². The van der Waals surface area contributed by atoms with Crippen LogP contribution in [0.1, 0.15) is 23.7 Å². The Balaban J connectivity index is 1.71. The Morgan fingerprint density at radius 3 is 3.05 bits per heavy atom. The number of aromatic nitrogens is 3. The minimum Gasteiger partial charge on any atom is -0.343 e. The Labute approximate surface area is 126 Å². The summed E-state index contributed by atoms with van der Waals surface area (Å²) in [6.07, 6.45) is 5.22. The predicted molar refractivity (Wildman–Crippen MR) is 82.9 cm³/mol. The van der Waals surface area contributed by atoms with Gasteiger partial charge in [0.1, 0.15) is 0 Å². The second-order valence-corrected chi connectivity index (χ2v) is 5.55. The summed E-state index contributed by atoms with van der Waals surface area (Å²) in [5.74, 6) is 0.562. The lowest BCUT2D eigenvalue weighted by Crippen LogP contribution is -2.26. The van der Waals surface area contributed by atoms with Crippen molar-refractivity contribution in [1.29, 1.82) is 0 Å². The molecule has 0 aromatic carbocycles. The molecule has 1 N–H and O–H groups in total. The summed E-state index contributed by atoms with van der Waals surface area (Å²) < 4.78 is 1.87. The second-order valence-electron chi connectivity index (χ2n) is 4.57. The van der Waals surface area contributed by atoms with Crippen molar-refractivity contribution in [3.8, 4) is 0 Å². The van der Waals surface area contributed by atoms with E-state index in [1.807, 2.05) is 53.2 Å². The fraction of sp³-hybridized carbons (Fsp3) is 0.133. The van der Waals surface area contributed by atoms with Crippen LogP contribution < -0.4 is 5.32 Å². The van der Waals surface area contributed by atoms with Gasteiger partial charge in [-0.2, -0.15) is 0 Å². The first-order chi connectivity index (χ1) is 10.2. The number of nitrogens with one attached hydrogen (secondary N) is 1. The molecular weight excluding hydrogens is 284 g/mol. The second kappa shape index (κ2) is 5.88. The van der Waals surface area contributed by atoms with Crippen LogP contribution in [0, 0.1) is 0 Å². The number of hydrogen-bond donors (Lipinski definition) is 1. The summed E-state index contributed by atoms with van der Waals surface area (Å²) in [4.78, 5) is 13.0. The van der Waals surface area contributed by atoms with Crippen molar-refractivity contribution in [2.45, 2.75) is 13.0 Å². The molecule has 3 heterocycles. The number of carbonyl (C=O) groups excluding carboxylic acids is 1. The quantitative estimate of drug-likeness (QED) is 0.753. The van der Waals surface area contributed by atoms with E-state index in [1.54, 1.807) is 17.4 Å². The molecule has 3 aromatic heterocycles. The SMILES string of the molecule is C[C@H](NC(=O)C=Cc1cccs1)c1nnc2ccccn12. The molecule has 0 aliphatic heterocycles. The van der Waals surface area contributed by atoms with Gasteiger partial charge in [0, 0.05) is 17.2 Å². The van der Waals surface area contributed by atoms with Gasteiger partial charge >= 0.3 is 0 Å². The highest BCUT2D eigenvalue weighted by atomic mass is 32.1. The summed E-state index contributed by atoms with van der Waals surface area (Å²) >= 11 is 1.59. The summed E-state index contributed by atoms with van der Waals surface area (Å²) in [5.41, 5.74) is 0.766. The zero-order valence-electron chi connectivity index (χ0n) is 11.4. The lowest BCUT2D eigenvalue weighted by Gasteiger charge is -2.10. The van der Waals surface area contributed by atoms with Gasteiger partial charge in [-0.1, -0.05) is 12.1 Å². The first-order valence-corrected chi connectivity index (χ1v) is 7.44. The maximum absolute atomic E-state index is 11.9. The third-order valence-corrected chi connectivity index (χ3v) is 3.87. The summed E-state index contributed by atoms with van der Waals surface area (Å²) in [5, 5.41) is 13.1. The Bertz CT molecular complexity index is 776. The molecule has 0 saturated heterocycles. The average molecular weight is 298 g/mol. The van der Waals surface area contributed by atoms with E-state index in [4.69, 9.17) is 0 Å². The number of thiophene rings is 1. The van der Waals surface area contributed by atoms with Gasteiger partial charge in [-0.25, -0.2) is 0 Å². The van der Waals surface area contributed by atoms with E-state index in [9.17, 15) is 4.79 Å². The zero-order valence-corrected chi connectivity index (χ0v) is 12.2. The number of pyridine rings is 1. The number of amides is 1. The Hall–Kier alpha value is -2.47. The minimum atomic E-state index is -0.220. The maximum atomic E-state index is 11.9. The molecule has 0 bridgehead atoms. The minimum absolute atomic E-state index is 0.149. The van der Waals surface area contributed by atoms with Crippen LogP contribution in [0.2, 0.25) is 0 Å². The summed E-state index contributed by atoms with van der Waals surface area (Å²) in [7, 11) is 0. The molecule has 1 atom stereocenters. The van der Waals surface area contributed by atoms with Gasteiger partial charge < -0.3 is 5.32 Å². The van der Waals surface area contributed by atoms with Crippen molar-refractivity contribution < 1.29 is 4.79 Å². The van der Waals surface area contributed by atoms with Crippen LogP contribution >= 0.6 is 11.3 Å². The summed E-state index contributed by atoms with van der Waals surface area (Å²) in [6, 6.07) is 9.38. The van der Waals surface area contributed by atoms with E-state index >= 15 is 0 Å². The molecule has 1 amide bonds. The largest absolute Gasteiger partial charge is 0.343 e. The highest BCUT2D eigenvalue weighted by molar-refractivity contribution is 7.10. The third-order valence-electron chi connectivity index (χ3n) is 3.03. The van der Waals surface area contributed by atoms with Crippen molar-refractivity contribution in [2.24, 2.45) is 0 Å². The average Bonchev–Trinajstić information content (AvgIpc) is 3.14. The fourth-order valence-electron chi connectivity index (χ4n) is 2.03. The van der Waals surface area contributed by atoms with Crippen LogP contribution in [-0.4, -0.2) is 20.5 Å². The third kappa shape index (κ3) is 3.00. The maximum Gasteiger partial charge on any atom is 0.244 e. The molecule has 21 heavy (non-hydrogen) atoms. The van der Waals surface area contributed by atoms with E-state index in [2.05, 4.69) is 15.5 Å². The molecule has 6 heteroatoms. The number of carbonyl (C=O) groups is 1. The highest BCUT2D eigenvalue weighted by Gasteiger charge is 2.14. The number of hydrogen-bond acceptors (Lipinski definition) is 4. The molecule has 0 aliphatic rings. The molecule has 0 unspecified atom stereocenters. The first-order valence-electron chi connectivity index (χ1n) is 6.56. The van der Waals surface area contributed by atoms with E-state index in [1.165, 1.54) is 6.08 Å². The van der Waals surface area contributed by atoms with E-state index < -0.39 is 0 Å². The molecule has 0 spiro atoms. The first kappa shape index (κ1) is 13.5. The molecular formula is C15H14N4OS. The standard InChI is InChI=1S/C15H14N4OS/c1-11(15-18-17-13-6-2-3-9-19(13)15)16-14(20)8-7-12-5-4-10-21-12/h2-11H,1H3,(H,16,20)/t11-/m0/s1. The number of fused-ring (bicyclic) bond motifs is 1. The van der Waals surface area contributed by atoms with Gasteiger partial charge in [-0.15, -0.1) is 21.5 Å². The van der Waals surface area contributed by atoms with E-state index in [0.29, 0.717) is 5.82 Å². The van der Waals surface area contributed by atoms with Gasteiger partial charge in [-0.3, -0.25) is 9.20 Å². The van der Waals surface area contributed by atoms with Crippen LogP contribution in [0.15, 0.2) is 48.0 Å². The number of nitrogens with zero attached hydrogens (tertiary/aromatic N) is 3. The Morgan fingerprint density at radius 2 is 2.24 bits per heavy atom. The Morgan fingerprint density at radius 1 is 1.33 bits per heavy atom. The van der Waals surface area contributed by atoms with Crippen molar-refractivity contribution in [2.75, 3.05) is 0 Å². The van der Waals surface area contributed by atoms with Gasteiger partial charge in [0.2, 0.25) is 5.91 Å². The van der Waals surface area contributed by atoms with Crippen LogP contribution in [0.4, 0.5) is 0 Å². The molecule has 5 nitrogen and oxygen atoms in total. The van der Waals surface area contributed by atoms with Gasteiger partial charge in [0.05, 0.1) is 6.04 Å². The zero-order chi connectivity index (χ0) is 14.7. The van der Waals surface area contributed by atoms with Crippen molar-refractivity contribution >= 4 is 29.0 Å². The van der Waals surface area contributed by atoms with Crippen molar-refractivity contribution in [3.63, 3.8) is 0 Å². The monoisotopic (exact) mass is 298 g/mol. The normalized spacial score (nSPS) is 12.8. The van der Waals surface area contributed by atoms with Gasteiger partial charge in [-0.05, 0) is 36.6 Å². The summed E-state index contributed by atoms with van der Waals surface area (Å²) in [6.45, 7) is 1.89. The van der Waals surface area contributed by atoms with Crippen molar-refractivity contribution in [1.82, 2.24) is 19.9 Å². The molecule has 0 saturated carbocycles. The predicted octanol–water partition coefficient (Wildman–Crippen LogP) is 2.68. The lowest BCUT2D eigenvalue weighted by molar-refractivity contribution is -0.117. The molecule has 106 valence electrons. The number of rotatable bonds is 4.